The molecule has 3 aromatic rings. The normalized spacial score (nSPS) is 21.8. The minimum absolute atomic E-state index is 0.0613. The lowest BCUT2D eigenvalue weighted by Gasteiger charge is -2.56. The summed E-state index contributed by atoms with van der Waals surface area (Å²) in [5, 5.41) is 16.8. The molecule has 2 aliphatic rings. The van der Waals surface area contributed by atoms with Crippen molar-refractivity contribution >= 4 is 17.5 Å². The Hall–Kier alpha value is -4.27. The minimum Gasteiger partial charge on any atom is -0.425 e. The van der Waals surface area contributed by atoms with Gasteiger partial charge in [0.1, 0.15) is 17.9 Å². The molecule has 2 fully saturated rings. The van der Waals surface area contributed by atoms with Gasteiger partial charge in [0.15, 0.2) is 0 Å². The molecule has 12 heteroatoms. The molecule has 1 aliphatic carbocycles. The van der Waals surface area contributed by atoms with Crippen LogP contribution in [-0.4, -0.2) is 39.0 Å². The fourth-order valence-corrected chi connectivity index (χ4v) is 4.91. The van der Waals surface area contributed by atoms with Gasteiger partial charge in [-0.15, -0.1) is 10.2 Å². The van der Waals surface area contributed by atoms with Crippen LogP contribution in [0.1, 0.15) is 47.2 Å². The van der Waals surface area contributed by atoms with Crippen molar-refractivity contribution in [2.24, 2.45) is 0 Å². The predicted octanol–water partition coefficient (Wildman–Crippen LogP) is 4.10. The zero-order valence-electron chi connectivity index (χ0n) is 19.4. The molecule has 8 nitrogen and oxygen atoms in total. The maximum atomic E-state index is 14.8. The van der Waals surface area contributed by atoms with E-state index in [-0.39, 0.29) is 36.6 Å². The summed E-state index contributed by atoms with van der Waals surface area (Å²) in [6.45, 7) is 1.04. The summed E-state index contributed by atoms with van der Waals surface area (Å²) >= 11 is 0. The first kappa shape index (κ1) is 24.4. The Bertz CT molecular complexity index is 1420. The van der Waals surface area contributed by atoms with E-state index < -0.39 is 41.5 Å². The van der Waals surface area contributed by atoms with Crippen LogP contribution in [0.5, 0.6) is 0 Å². The van der Waals surface area contributed by atoms with E-state index in [9.17, 15) is 27.2 Å². The Kier molecular flexibility index (Phi) is 5.73. The Morgan fingerprint density at radius 1 is 1.14 bits per heavy atom. The first-order chi connectivity index (χ1) is 17.5. The van der Waals surface area contributed by atoms with Crippen LogP contribution in [0, 0.1) is 24.1 Å². The SMILES string of the molecule is Cc1nnc([C@H]2C[C@@]3(C2)C(=O)N(c2ccc(C#N)cc2F)CC(=O)N3Cc2ccc(C(F)(F)F)cc2)o1. The van der Waals surface area contributed by atoms with Crippen molar-refractivity contribution < 1.29 is 31.6 Å². The first-order valence-corrected chi connectivity index (χ1v) is 11.3. The number of aryl methyl sites for hydroxylation is 1. The smallest absolute Gasteiger partial charge is 0.416 e. The maximum absolute atomic E-state index is 14.8. The molecule has 1 aromatic heterocycles. The van der Waals surface area contributed by atoms with Crippen molar-refractivity contribution in [1.82, 2.24) is 15.1 Å². The van der Waals surface area contributed by atoms with E-state index in [4.69, 9.17) is 9.68 Å². The highest BCUT2D eigenvalue weighted by Crippen LogP contribution is 2.51. The van der Waals surface area contributed by atoms with Gasteiger partial charge in [-0.2, -0.15) is 18.4 Å². The predicted molar refractivity (Wildman–Crippen MR) is 119 cm³/mol. The fraction of sp³-hybridized carbons (Fsp3) is 0.320. The standard InChI is InChI=1S/C25H19F4N5O3/c1-14-31-32-22(37-14)17-9-24(10-17)23(36)33(20-7-4-16(11-30)8-19(20)26)13-21(35)34(24)12-15-2-5-18(6-3-15)25(27,28)29/h2-8,17H,9-10,12-13H2,1H3/t17-,24+. The summed E-state index contributed by atoms with van der Waals surface area (Å²) in [5.41, 5.74) is -1.88. The zero-order chi connectivity index (χ0) is 26.5. The lowest BCUT2D eigenvalue weighted by Crippen LogP contribution is -2.72. The number of hydrogen-bond donors (Lipinski definition) is 0. The molecule has 0 bridgehead atoms. The lowest BCUT2D eigenvalue weighted by atomic mass is 9.65. The van der Waals surface area contributed by atoms with Gasteiger partial charge >= 0.3 is 6.18 Å². The molecule has 190 valence electrons. The molecule has 2 aromatic carbocycles. The molecule has 0 radical (unpaired) electrons. The summed E-state index contributed by atoms with van der Waals surface area (Å²) in [7, 11) is 0. The number of alkyl halides is 3. The molecule has 1 aliphatic heterocycles. The second-order valence-electron chi connectivity index (χ2n) is 9.14. The van der Waals surface area contributed by atoms with Gasteiger partial charge in [-0.1, -0.05) is 12.1 Å². The van der Waals surface area contributed by atoms with Crippen molar-refractivity contribution in [1.29, 1.82) is 5.26 Å². The van der Waals surface area contributed by atoms with Gasteiger partial charge in [-0.3, -0.25) is 14.5 Å². The highest BCUT2D eigenvalue weighted by Gasteiger charge is 2.61. The number of benzene rings is 2. The molecule has 5 rings (SSSR count). The highest BCUT2D eigenvalue weighted by atomic mass is 19.4. The Morgan fingerprint density at radius 2 is 1.84 bits per heavy atom. The molecular weight excluding hydrogens is 494 g/mol. The average Bonchev–Trinajstić information content (AvgIpc) is 3.26. The largest absolute Gasteiger partial charge is 0.425 e. The van der Waals surface area contributed by atoms with Crippen LogP contribution < -0.4 is 4.90 Å². The number of aromatic nitrogens is 2. The van der Waals surface area contributed by atoms with Crippen molar-refractivity contribution in [3.63, 3.8) is 0 Å². The van der Waals surface area contributed by atoms with Gasteiger partial charge in [0.25, 0.3) is 5.91 Å². The van der Waals surface area contributed by atoms with Crippen molar-refractivity contribution in [2.45, 2.75) is 43.9 Å². The second kappa shape index (κ2) is 8.69. The van der Waals surface area contributed by atoms with Crippen LogP contribution >= 0.6 is 0 Å². The summed E-state index contributed by atoms with van der Waals surface area (Å²) in [6, 6.07) is 9.79. The van der Waals surface area contributed by atoms with Gasteiger partial charge in [0.2, 0.25) is 17.7 Å². The van der Waals surface area contributed by atoms with Crippen LogP contribution in [0.15, 0.2) is 46.9 Å². The summed E-state index contributed by atoms with van der Waals surface area (Å²) in [6.07, 6.45) is -4.27. The monoisotopic (exact) mass is 513 g/mol. The number of anilines is 1. The van der Waals surface area contributed by atoms with Crippen molar-refractivity contribution in [3.8, 4) is 6.07 Å². The van der Waals surface area contributed by atoms with Crippen LogP contribution in [0.25, 0.3) is 0 Å². The lowest BCUT2D eigenvalue weighted by molar-refractivity contribution is -0.160. The van der Waals surface area contributed by atoms with Gasteiger partial charge in [0.05, 0.1) is 22.9 Å². The summed E-state index contributed by atoms with van der Waals surface area (Å²) in [4.78, 5) is 29.6. The summed E-state index contributed by atoms with van der Waals surface area (Å²) < 4.78 is 59.3. The van der Waals surface area contributed by atoms with E-state index in [1.165, 1.54) is 29.2 Å². The van der Waals surface area contributed by atoms with Crippen LogP contribution in [0.4, 0.5) is 23.2 Å². The third-order valence-corrected chi connectivity index (χ3v) is 6.80. The third kappa shape index (κ3) is 4.20. The van der Waals surface area contributed by atoms with Crippen LogP contribution in [-0.2, 0) is 22.3 Å². The molecule has 1 saturated carbocycles. The number of nitrogens with zero attached hydrogens (tertiary/aromatic N) is 5. The third-order valence-electron chi connectivity index (χ3n) is 6.80. The van der Waals surface area contributed by atoms with E-state index in [1.54, 1.807) is 6.92 Å². The number of piperazine rings is 1. The van der Waals surface area contributed by atoms with E-state index in [1.807, 2.05) is 6.07 Å². The number of nitriles is 1. The van der Waals surface area contributed by atoms with Crippen LogP contribution in [0.3, 0.4) is 0 Å². The number of rotatable bonds is 4. The maximum Gasteiger partial charge on any atom is 0.416 e. The molecule has 1 saturated heterocycles. The van der Waals surface area contributed by atoms with Gasteiger partial charge < -0.3 is 9.32 Å². The van der Waals surface area contributed by atoms with Crippen LogP contribution in [0.2, 0.25) is 0 Å². The topological polar surface area (TPSA) is 103 Å². The fourth-order valence-electron chi connectivity index (χ4n) is 4.91. The number of carbonyl (C=O) groups is 2. The summed E-state index contributed by atoms with van der Waals surface area (Å²) in [5.74, 6) is -1.54. The van der Waals surface area contributed by atoms with Crippen molar-refractivity contribution in [2.75, 3.05) is 11.4 Å². The van der Waals surface area contributed by atoms with Gasteiger partial charge in [0, 0.05) is 19.4 Å². The molecule has 0 atom stereocenters. The molecule has 2 heterocycles. The molecule has 0 N–H and O–H groups in total. The highest BCUT2D eigenvalue weighted by molar-refractivity contribution is 6.10. The number of hydrogen-bond acceptors (Lipinski definition) is 6. The van der Waals surface area contributed by atoms with Crippen molar-refractivity contribution in [3.05, 3.63) is 76.8 Å². The van der Waals surface area contributed by atoms with E-state index in [0.29, 0.717) is 17.3 Å². The quantitative estimate of drug-likeness (QED) is 0.487. The molecule has 2 amide bonds. The van der Waals surface area contributed by atoms with E-state index >= 15 is 0 Å². The first-order valence-electron chi connectivity index (χ1n) is 11.3. The van der Waals surface area contributed by atoms with E-state index in [2.05, 4.69) is 10.2 Å². The minimum atomic E-state index is -4.51. The Labute approximate surface area is 208 Å². The molecular formula is C25H19F4N5O3. The average molecular weight is 513 g/mol. The molecule has 1 spiro atoms. The van der Waals surface area contributed by atoms with E-state index in [0.717, 1.165) is 23.1 Å². The zero-order valence-corrected chi connectivity index (χ0v) is 19.4. The van der Waals surface area contributed by atoms with Gasteiger partial charge in [-0.25, -0.2) is 4.39 Å². The van der Waals surface area contributed by atoms with Gasteiger partial charge in [-0.05, 0) is 48.7 Å². The molecule has 0 unspecified atom stereocenters. The Morgan fingerprint density at radius 3 is 2.41 bits per heavy atom. The number of carbonyl (C=O) groups excluding carboxylic acids is 2. The molecule has 37 heavy (non-hydrogen) atoms. The number of amides is 2. The second-order valence-corrected chi connectivity index (χ2v) is 9.14. The Balaban J connectivity index is 1.48. The number of halogens is 4.